The molecule has 7 heteroatoms. The minimum absolute atomic E-state index is 0.118. The van der Waals surface area contributed by atoms with Crippen LogP contribution in [0.3, 0.4) is 0 Å². The van der Waals surface area contributed by atoms with Gasteiger partial charge in [0, 0.05) is 50.3 Å². The van der Waals surface area contributed by atoms with Gasteiger partial charge in [0.2, 0.25) is 11.8 Å². The van der Waals surface area contributed by atoms with Crippen LogP contribution in [0.25, 0.3) is 11.3 Å². The normalized spacial score (nSPS) is 14.1. The molecule has 1 N–H and O–H groups in total. The number of nitrogens with one attached hydrogen (secondary N) is 1. The van der Waals surface area contributed by atoms with E-state index in [9.17, 15) is 14.0 Å². The van der Waals surface area contributed by atoms with E-state index in [1.807, 2.05) is 16.3 Å². The molecule has 1 saturated heterocycles. The molecule has 0 bridgehead atoms. The lowest BCUT2D eigenvalue weighted by molar-refractivity contribution is -0.127. The molecule has 2 aromatic rings. The first-order chi connectivity index (χ1) is 12.5. The Bertz CT molecular complexity index is 806. The van der Waals surface area contributed by atoms with Crippen LogP contribution in [0.5, 0.6) is 0 Å². The zero-order chi connectivity index (χ0) is 18.5. The van der Waals surface area contributed by atoms with Gasteiger partial charge in [-0.3, -0.25) is 9.59 Å². The van der Waals surface area contributed by atoms with E-state index in [0.717, 1.165) is 35.7 Å². The molecule has 1 aromatic heterocycles. The number of benzene rings is 1. The molecule has 26 heavy (non-hydrogen) atoms. The van der Waals surface area contributed by atoms with Crippen molar-refractivity contribution in [2.75, 3.05) is 19.6 Å². The van der Waals surface area contributed by atoms with E-state index >= 15 is 0 Å². The third-order valence-corrected chi connectivity index (χ3v) is 5.34. The summed E-state index contributed by atoms with van der Waals surface area (Å²) >= 11 is 1.54. The van der Waals surface area contributed by atoms with Crippen LogP contribution in [-0.4, -0.2) is 41.3 Å². The maximum atomic E-state index is 14.3. The average Bonchev–Trinajstić information content (AvgIpc) is 3.23. The minimum atomic E-state index is -0.287. The van der Waals surface area contributed by atoms with Crippen molar-refractivity contribution >= 4 is 23.2 Å². The van der Waals surface area contributed by atoms with Crippen LogP contribution in [0, 0.1) is 5.82 Å². The number of likely N-dealkylation sites (tertiary alicyclic amines) is 1. The second kappa shape index (κ2) is 8.40. The number of rotatable bonds is 7. The first kappa shape index (κ1) is 18.5. The Labute approximate surface area is 156 Å². The fourth-order valence-electron chi connectivity index (χ4n) is 3.01. The van der Waals surface area contributed by atoms with Gasteiger partial charge in [-0.05, 0) is 24.5 Å². The van der Waals surface area contributed by atoms with Crippen molar-refractivity contribution in [3.63, 3.8) is 0 Å². The molecule has 0 aliphatic carbocycles. The molecular weight excluding hydrogens is 353 g/mol. The summed E-state index contributed by atoms with van der Waals surface area (Å²) in [5.41, 5.74) is 2.07. The van der Waals surface area contributed by atoms with Gasteiger partial charge < -0.3 is 10.2 Å². The topological polar surface area (TPSA) is 62.3 Å². The highest BCUT2D eigenvalue weighted by Gasteiger charge is 2.20. The highest BCUT2D eigenvalue weighted by Crippen LogP contribution is 2.25. The number of amides is 2. The van der Waals surface area contributed by atoms with Crippen LogP contribution >= 0.6 is 11.3 Å². The molecule has 0 spiro atoms. The van der Waals surface area contributed by atoms with Crippen molar-refractivity contribution in [2.45, 2.75) is 32.6 Å². The van der Waals surface area contributed by atoms with Gasteiger partial charge in [0.05, 0.1) is 10.7 Å². The first-order valence-electron chi connectivity index (χ1n) is 8.78. The molecule has 0 radical (unpaired) electrons. The molecule has 3 rings (SSSR count). The molecule has 1 aromatic carbocycles. The van der Waals surface area contributed by atoms with Crippen molar-refractivity contribution in [2.24, 2.45) is 0 Å². The van der Waals surface area contributed by atoms with E-state index in [2.05, 4.69) is 10.3 Å². The van der Waals surface area contributed by atoms with E-state index < -0.39 is 0 Å². The van der Waals surface area contributed by atoms with Gasteiger partial charge in [-0.1, -0.05) is 12.1 Å². The summed E-state index contributed by atoms with van der Waals surface area (Å²) in [6.45, 7) is 3.39. The number of carbonyl (C=O) groups excluding carboxylic acids is 2. The summed E-state index contributed by atoms with van der Waals surface area (Å²) in [5, 5.41) is 5.54. The highest BCUT2D eigenvalue weighted by molar-refractivity contribution is 7.09. The van der Waals surface area contributed by atoms with Crippen LogP contribution in [-0.2, 0) is 22.4 Å². The van der Waals surface area contributed by atoms with E-state index in [1.165, 1.54) is 24.3 Å². The Morgan fingerprint density at radius 2 is 2.23 bits per heavy atom. The number of aromatic nitrogens is 1. The summed E-state index contributed by atoms with van der Waals surface area (Å²) in [5.74, 6) is -0.184. The summed E-state index contributed by atoms with van der Waals surface area (Å²) in [7, 11) is 0. The smallest absolute Gasteiger partial charge is 0.222 e. The molecule has 1 aliphatic rings. The second-order valence-corrected chi connectivity index (χ2v) is 7.34. The summed E-state index contributed by atoms with van der Waals surface area (Å²) in [6, 6.07) is 5.09. The maximum Gasteiger partial charge on any atom is 0.222 e. The Kier molecular flexibility index (Phi) is 5.98. The van der Waals surface area contributed by atoms with Crippen LogP contribution in [0.1, 0.15) is 30.3 Å². The molecule has 1 fully saturated rings. The fraction of sp³-hybridized carbons (Fsp3) is 0.421. The Hall–Kier alpha value is -2.28. The predicted molar refractivity (Wildman–Crippen MR) is 99.4 cm³/mol. The minimum Gasteiger partial charge on any atom is -0.356 e. The number of hydrogen-bond acceptors (Lipinski definition) is 4. The lowest BCUT2D eigenvalue weighted by Crippen LogP contribution is -2.26. The lowest BCUT2D eigenvalue weighted by atomic mass is 10.1. The van der Waals surface area contributed by atoms with Gasteiger partial charge in [0.1, 0.15) is 5.82 Å². The zero-order valence-corrected chi connectivity index (χ0v) is 15.6. The Balaban J connectivity index is 1.60. The standard InChI is InChI=1S/C19H22FN3O2S/c1-13(24)21-8-6-14-4-5-15(11-16(14)20)17-12-26-18(22-17)7-10-23-9-2-3-19(23)25/h4-5,11-12H,2-3,6-10H2,1H3,(H,21,24). The van der Waals surface area contributed by atoms with Crippen molar-refractivity contribution in [1.82, 2.24) is 15.2 Å². The third-order valence-electron chi connectivity index (χ3n) is 4.44. The van der Waals surface area contributed by atoms with Crippen molar-refractivity contribution < 1.29 is 14.0 Å². The SMILES string of the molecule is CC(=O)NCCc1ccc(-c2csc(CCN3CCCC3=O)n2)cc1F. The number of nitrogens with zero attached hydrogens (tertiary/aromatic N) is 2. The molecule has 0 unspecified atom stereocenters. The van der Waals surface area contributed by atoms with E-state index in [0.29, 0.717) is 31.5 Å². The van der Waals surface area contributed by atoms with E-state index in [1.54, 1.807) is 6.07 Å². The lowest BCUT2D eigenvalue weighted by Gasteiger charge is -2.13. The van der Waals surface area contributed by atoms with Crippen LogP contribution in [0.2, 0.25) is 0 Å². The predicted octanol–water partition coefficient (Wildman–Crippen LogP) is 2.79. The summed E-state index contributed by atoms with van der Waals surface area (Å²) in [6.07, 6.45) is 2.78. The average molecular weight is 375 g/mol. The maximum absolute atomic E-state index is 14.3. The molecule has 1 aliphatic heterocycles. The van der Waals surface area contributed by atoms with E-state index in [4.69, 9.17) is 0 Å². The van der Waals surface area contributed by atoms with Crippen LogP contribution in [0.4, 0.5) is 4.39 Å². The Morgan fingerprint density at radius 1 is 1.38 bits per heavy atom. The molecule has 0 saturated carbocycles. The van der Waals surface area contributed by atoms with Gasteiger partial charge in [0.15, 0.2) is 0 Å². The fourth-order valence-corrected chi connectivity index (χ4v) is 3.81. The monoisotopic (exact) mass is 375 g/mol. The highest BCUT2D eigenvalue weighted by atomic mass is 32.1. The molecular formula is C19H22FN3O2S. The van der Waals surface area contributed by atoms with Gasteiger partial charge in [-0.25, -0.2) is 9.37 Å². The first-order valence-corrected chi connectivity index (χ1v) is 9.66. The zero-order valence-electron chi connectivity index (χ0n) is 14.8. The Morgan fingerprint density at radius 3 is 2.92 bits per heavy atom. The summed E-state index contributed by atoms with van der Waals surface area (Å²) < 4.78 is 14.3. The van der Waals surface area contributed by atoms with Gasteiger partial charge in [0.25, 0.3) is 0 Å². The summed E-state index contributed by atoms with van der Waals surface area (Å²) in [4.78, 5) is 29.0. The molecule has 0 atom stereocenters. The number of halogens is 1. The number of thiazole rings is 1. The van der Waals surface area contributed by atoms with Gasteiger partial charge >= 0.3 is 0 Å². The number of hydrogen-bond donors (Lipinski definition) is 1. The second-order valence-electron chi connectivity index (χ2n) is 6.40. The number of carbonyl (C=O) groups is 2. The molecule has 2 heterocycles. The molecule has 5 nitrogen and oxygen atoms in total. The van der Waals surface area contributed by atoms with Crippen molar-refractivity contribution in [3.05, 3.63) is 40.0 Å². The molecule has 138 valence electrons. The molecule has 2 amide bonds. The van der Waals surface area contributed by atoms with E-state index in [-0.39, 0.29) is 17.6 Å². The quantitative estimate of drug-likeness (QED) is 0.809. The van der Waals surface area contributed by atoms with Gasteiger partial charge in [-0.15, -0.1) is 11.3 Å². The largest absolute Gasteiger partial charge is 0.356 e. The van der Waals surface area contributed by atoms with Crippen molar-refractivity contribution in [3.8, 4) is 11.3 Å². The third kappa shape index (κ3) is 4.66. The van der Waals surface area contributed by atoms with Crippen LogP contribution < -0.4 is 5.32 Å². The van der Waals surface area contributed by atoms with Crippen molar-refractivity contribution in [1.29, 1.82) is 0 Å². The van der Waals surface area contributed by atoms with Gasteiger partial charge in [-0.2, -0.15) is 0 Å². The van der Waals surface area contributed by atoms with Crippen LogP contribution in [0.15, 0.2) is 23.6 Å².